The average molecular weight is 389 g/mol. The fraction of sp³-hybridized carbons (Fsp3) is 0.208. The van der Waals surface area contributed by atoms with E-state index in [9.17, 15) is 4.39 Å². The van der Waals surface area contributed by atoms with Crippen molar-refractivity contribution in [2.24, 2.45) is 0 Å². The average Bonchev–Trinajstić information content (AvgIpc) is 3.12. The van der Waals surface area contributed by atoms with Crippen LogP contribution in [0.25, 0.3) is 27.8 Å². The molecule has 29 heavy (non-hydrogen) atoms. The van der Waals surface area contributed by atoms with E-state index in [4.69, 9.17) is 9.84 Å². The van der Waals surface area contributed by atoms with Gasteiger partial charge in [-0.25, -0.2) is 9.07 Å². The van der Waals surface area contributed by atoms with Crippen LogP contribution in [0.1, 0.15) is 6.42 Å². The Kier molecular flexibility index (Phi) is 5.58. The Balaban J connectivity index is 1.68. The molecule has 0 unspecified atom stereocenters. The van der Waals surface area contributed by atoms with E-state index < -0.39 is 0 Å². The predicted octanol–water partition coefficient (Wildman–Crippen LogP) is 5.16. The first kappa shape index (κ1) is 19.2. The third-order valence-electron chi connectivity index (χ3n) is 4.79. The van der Waals surface area contributed by atoms with E-state index in [2.05, 4.69) is 19.0 Å². The molecule has 1 heterocycles. The van der Waals surface area contributed by atoms with E-state index >= 15 is 0 Å². The molecule has 0 bridgehead atoms. The van der Waals surface area contributed by atoms with Gasteiger partial charge in [0.1, 0.15) is 17.3 Å². The molecule has 5 heteroatoms. The topological polar surface area (TPSA) is 30.3 Å². The number of hydrogen-bond donors (Lipinski definition) is 0. The summed E-state index contributed by atoms with van der Waals surface area (Å²) in [5, 5.41) is 5.88. The van der Waals surface area contributed by atoms with Gasteiger partial charge in [0.05, 0.1) is 17.8 Å². The minimum absolute atomic E-state index is 0.253. The second-order valence-electron chi connectivity index (χ2n) is 7.29. The van der Waals surface area contributed by atoms with Crippen molar-refractivity contribution in [2.75, 3.05) is 27.2 Å². The highest BCUT2D eigenvalue weighted by Crippen LogP contribution is 2.30. The second kappa shape index (κ2) is 8.45. The molecule has 148 valence electrons. The smallest absolute Gasteiger partial charge is 0.123 e. The Morgan fingerprint density at radius 1 is 0.966 bits per heavy atom. The summed E-state index contributed by atoms with van der Waals surface area (Å²) in [5.74, 6) is 0.570. The molecule has 0 spiro atoms. The van der Waals surface area contributed by atoms with Gasteiger partial charge in [0.25, 0.3) is 0 Å². The van der Waals surface area contributed by atoms with Gasteiger partial charge in [0.15, 0.2) is 0 Å². The third-order valence-corrected chi connectivity index (χ3v) is 4.79. The van der Waals surface area contributed by atoms with Crippen molar-refractivity contribution >= 4 is 10.9 Å². The van der Waals surface area contributed by atoms with Gasteiger partial charge in [-0.1, -0.05) is 24.3 Å². The standard InChI is InChI=1S/C24H24FN3O/c1-27(2)15-6-16-29-21-8-5-7-20(17-21)28-23-10-4-3-9-22(23)24(26-28)18-11-13-19(25)14-12-18/h3-5,7-14,17H,6,15-16H2,1-2H3. The fourth-order valence-corrected chi connectivity index (χ4v) is 3.36. The Hall–Kier alpha value is -3.18. The molecule has 0 saturated heterocycles. The van der Waals surface area contributed by atoms with E-state index in [1.54, 1.807) is 12.1 Å². The summed E-state index contributed by atoms with van der Waals surface area (Å²) in [6.07, 6.45) is 0.969. The van der Waals surface area contributed by atoms with E-state index in [0.29, 0.717) is 6.61 Å². The summed E-state index contributed by atoms with van der Waals surface area (Å²) in [6, 6.07) is 22.5. The maximum atomic E-state index is 13.4. The first-order valence-corrected chi connectivity index (χ1v) is 9.73. The monoisotopic (exact) mass is 389 g/mol. The van der Waals surface area contributed by atoms with Crippen LogP contribution in [0.5, 0.6) is 5.75 Å². The Labute approximate surface area is 170 Å². The van der Waals surface area contributed by atoms with Crippen LogP contribution in [0.2, 0.25) is 0 Å². The highest BCUT2D eigenvalue weighted by molar-refractivity contribution is 5.94. The van der Waals surface area contributed by atoms with Gasteiger partial charge in [0.2, 0.25) is 0 Å². The number of aromatic nitrogens is 2. The summed E-state index contributed by atoms with van der Waals surface area (Å²) >= 11 is 0. The molecule has 0 aliphatic heterocycles. The van der Waals surface area contributed by atoms with Crippen LogP contribution >= 0.6 is 0 Å². The summed E-state index contributed by atoms with van der Waals surface area (Å²) in [4.78, 5) is 2.15. The van der Waals surface area contributed by atoms with Crippen LogP contribution in [-0.4, -0.2) is 41.9 Å². The number of rotatable bonds is 7. The minimum Gasteiger partial charge on any atom is -0.493 e. The highest BCUT2D eigenvalue weighted by Gasteiger charge is 2.13. The van der Waals surface area contributed by atoms with Gasteiger partial charge in [0, 0.05) is 23.6 Å². The molecule has 0 aliphatic rings. The van der Waals surface area contributed by atoms with Crippen LogP contribution in [0.4, 0.5) is 4.39 Å². The molecular formula is C24H24FN3O. The van der Waals surface area contributed by atoms with Crippen molar-refractivity contribution in [3.63, 3.8) is 0 Å². The molecule has 4 nitrogen and oxygen atoms in total. The van der Waals surface area contributed by atoms with Crippen molar-refractivity contribution in [1.82, 2.24) is 14.7 Å². The van der Waals surface area contributed by atoms with Crippen molar-refractivity contribution in [2.45, 2.75) is 6.42 Å². The van der Waals surface area contributed by atoms with Gasteiger partial charge >= 0.3 is 0 Å². The molecule has 4 rings (SSSR count). The summed E-state index contributed by atoms with van der Waals surface area (Å²) < 4.78 is 21.2. The highest BCUT2D eigenvalue weighted by atomic mass is 19.1. The summed E-state index contributed by atoms with van der Waals surface area (Å²) in [6.45, 7) is 1.66. The molecule has 3 aromatic carbocycles. The molecule has 0 radical (unpaired) electrons. The van der Waals surface area contributed by atoms with Gasteiger partial charge in [-0.3, -0.25) is 0 Å². The van der Waals surface area contributed by atoms with E-state index in [1.165, 1.54) is 12.1 Å². The number of para-hydroxylation sites is 1. The Bertz CT molecular complexity index is 1100. The molecule has 1 aromatic heterocycles. The maximum Gasteiger partial charge on any atom is 0.123 e. The molecule has 0 saturated carbocycles. The molecule has 0 amide bonds. The molecule has 0 atom stereocenters. The second-order valence-corrected chi connectivity index (χ2v) is 7.29. The Morgan fingerprint density at radius 2 is 1.76 bits per heavy atom. The third kappa shape index (κ3) is 4.30. The maximum absolute atomic E-state index is 13.4. The van der Waals surface area contributed by atoms with E-state index in [0.717, 1.165) is 46.6 Å². The quantitative estimate of drug-likeness (QED) is 0.409. The zero-order valence-corrected chi connectivity index (χ0v) is 16.7. The minimum atomic E-state index is -0.253. The van der Waals surface area contributed by atoms with Gasteiger partial charge in [-0.15, -0.1) is 0 Å². The van der Waals surface area contributed by atoms with Crippen molar-refractivity contribution < 1.29 is 9.13 Å². The lowest BCUT2D eigenvalue weighted by Gasteiger charge is -2.11. The lowest BCUT2D eigenvalue weighted by Crippen LogP contribution is -2.15. The van der Waals surface area contributed by atoms with E-state index in [1.807, 2.05) is 53.2 Å². The zero-order valence-electron chi connectivity index (χ0n) is 16.7. The molecule has 0 fully saturated rings. The van der Waals surface area contributed by atoms with E-state index in [-0.39, 0.29) is 5.82 Å². The van der Waals surface area contributed by atoms with Crippen LogP contribution in [0.3, 0.4) is 0 Å². The first-order chi connectivity index (χ1) is 14.1. The SMILES string of the molecule is CN(C)CCCOc1cccc(-n2nc(-c3ccc(F)cc3)c3ccccc32)c1. The predicted molar refractivity (Wildman–Crippen MR) is 115 cm³/mol. The van der Waals surface area contributed by atoms with Crippen LogP contribution in [0, 0.1) is 5.82 Å². The van der Waals surface area contributed by atoms with Gasteiger partial charge in [-0.2, -0.15) is 5.10 Å². The van der Waals surface area contributed by atoms with Gasteiger partial charge in [-0.05, 0) is 63.0 Å². The number of nitrogens with zero attached hydrogens (tertiary/aromatic N) is 3. The number of halogens is 1. The summed E-state index contributed by atoms with van der Waals surface area (Å²) in [7, 11) is 4.12. The molecule has 0 aliphatic carbocycles. The van der Waals surface area contributed by atoms with Crippen LogP contribution < -0.4 is 4.74 Å². The lowest BCUT2D eigenvalue weighted by molar-refractivity contribution is 0.281. The van der Waals surface area contributed by atoms with Crippen LogP contribution in [0.15, 0.2) is 72.8 Å². The van der Waals surface area contributed by atoms with Crippen LogP contribution in [-0.2, 0) is 0 Å². The molecule has 4 aromatic rings. The van der Waals surface area contributed by atoms with Crippen molar-refractivity contribution in [1.29, 1.82) is 0 Å². The number of benzene rings is 3. The number of hydrogen-bond acceptors (Lipinski definition) is 3. The normalized spacial score (nSPS) is 11.3. The molecule has 0 N–H and O–H groups in total. The lowest BCUT2D eigenvalue weighted by atomic mass is 10.1. The summed E-state index contributed by atoms with van der Waals surface area (Å²) in [5.41, 5.74) is 3.64. The zero-order chi connectivity index (χ0) is 20.2. The number of ether oxygens (including phenoxy) is 1. The largest absolute Gasteiger partial charge is 0.493 e. The molecular weight excluding hydrogens is 365 g/mol. The van der Waals surface area contributed by atoms with Crippen molar-refractivity contribution in [3.05, 3.63) is 78.6 Å². The van der Waals surface area contributed by atoms with Crippen molar-refractivity contribution in [3.8, 4) is 22.7 Å². The fourth-order valence-electron chi connectivity index (χ4n) is 3.36. The number of fused-ring (bicyclic) bond motifs is 1. The van der Waals surface area contributed by atoms with Gasteiger partial charge < -0.3 is 9.64 Å². The Morgan fingerprint density at radius 3 is 2.55 bits per heavy atom. The first-order valence-electron chi connectivity index (χ1n) is 9.73.